The standard InChI is InChI=1S/C18H19FN2O2S/c1-12-5-3-4-6-18(12)24(22,23)20-10-9-15-13(2)21-17-8-7-14(19)11-16(15)17/h3-8,11,20-21H,9-10H2,1-2H3. The van der Waals surface area contributed by atoms with E-state index in [0.29, 0.717) is 12.0 Å². The van der Waals surface area contributed by atoms with Crippen LogP contribution in [-0.2, 0) is 16.4 Å². The summed E-state index contributed by atoms with van der Waals surface area (Å²) in [4.78, 5) is 3.48. The Bertz CT molecular complexity index is 993. The van der Waals surface area contributed by atoms with Crippen LogP contribution in [0.1, 0.15) is 16.8 Å². The highest BCUT2D eigenvalue weighted by molar-refractivity contribution is 7.89. The van der Waals surface area contributed by atoms with Crippen LogP contribution in [0.4, 0.5) is 4.39 Å². The molecule has 0 aliphatic carbocycles. The van der Waals surface area contributed by atoms with E-state index in [2.05, 4.69) is 9.71 Å². The zero-order valence-corrected chi connectivity index (χ0v) is 14.4. The van der Waals surface area contributed by atoms with E-state index in [-0.39, 0.29) is 17.3 Å². The van der Waals surface area contributed by atoms with Gasteiger partial charge in [0.1, 0.15) is 5.82 Å². The minimum absolute atomic E-state index is 0.251. The van der Waals surface area contributed by atoms with Crippen molar-refractivity contribution in [3.8, 4) is 0 Å². The van der Waals surface area contributed by atoms with Gasteiger partial charge in [0.15, 0.2) is 0 Å². The van der Waals surface area contributed by atoms with E-state index in [0.717, 1.165) is 22.2 Å². The summed E-state index contributed by atoms with van der Waals surface area (Å²) < 4.78 is 40.9. The van der Waals surface area contributed by atoms with Crippen LogP contribution >= 0.6 is 0 Å². The van der Waals surface area contributed by atoms with Crippen LogP contribution in [0.25, 0.3) is 10.9 Å². The second kappa shape index (κ2) is 6.37. The summed E-state index contributed by atoms with van der Waals surface area (Å²) in [6, 6.07) is 11.4. The van der Waals surface area contributed by atoms with E-state index in [9.17, 15) is 12.8 Å². The van der Waals surface area contributed by atoms with Gasteiger partial charge in [-0.25, -0.2) is 17.5 Å². The lowest BCUT2D eigenvalue weighted by molar-refractivity contribution is 0.581. The van der Waals surface area contributed by atoms with Crippen molar-refractivity contribution < 1.29 is 12.8 Å². The molecule has 0 unspecified atom stereocenters. The van der Waals surface area contributed by atoms with E-state index in [1.165, 1.54) is 12.1 Å². The predicted octanol–water partition coefficient (Wildman–Crippen LogP) is 3.44. The Kier molecular flexibility index (Phi) is 4.43. The second-order valence-corrected chi connectivity index (χ2v) is 7.57. The van der Waals surface area contributed by atoms with Crippen molar-refractivity contribution in [1.29, 1.82) is 0 Å². The van der Waals surface area contributed by atoms with Gasteiger partial charge in [0, 0.05) is 23.1 Å². The van der Waals surface area contributed by atoms with Crippen LogP contribution in [0.2, 0.25) is 0 Å². The molecule has 0 aliphatic rings. The molecular formula is C18H19FN2O2S. The fourth-order valence-electron chi connectivity index (χ4n) is 2.92. The highest BCUT2D eigenvalue weighted by atomic mass is 32.2. The van der Waals surface area contributed by atoms with Gasteiger partial charge < -0.3 is 4.98 Å². The number of fused-ring (bicyclic) bond motifs is 1. The van der Waals surface area contributed by atoms with Crippen LogP contribution in [-0.4, -0.2) is 19.9 Å². The first kappa shape index (κ1) is 16.7. The van der Waals surface area contributed by atoms with Crippen LogP contribution in [0, 0.1) is 19.7 Å². The van der Waals surface area contributed by atoms with Crippen molar-refractivity contribution >= 4 is 20.9 Å². The molecule has 24 heavy (non-hydrogen) atoms. The molecule has 126 valence electrons. The molecule has 4 nitrogen and oxygen atoms in total. The Balaban J connectivity index is 1.79. The van der Waals surface area contributed by atoms with E-state index in [1.54, 1.807) is 37.3 Å². The molecule has 0 aliphatic heterocycles. The van der Waals surface area contributed by atoms with E-state index in [4.69, 9.17) is 0 Å². The lowest BCUT2D eigenvalue weighted by Crippen LogP contribution is -2.26. The lowest BCUT2D eigenvalue weighted by atomic mass is 10.1. The zero-order valence-electron chi connectivity index (χ0n) is 13.6. The Morgan fingerprint density at radius 3 is 2.62 bits per heavy atom. The fourth-order valence-corrected chi connectivity index (χ4v) is 4.20. The van der Waals surface area contributed by atoms with Crippen LogP contribution in [0.5, 0.6) is 0 Å². The molecule has 0 spiro atoms. The van der Waals surface area contributed by atoms with Gasteiger partial charge in [-0.15, -0.1) is 0 Å². The summed E-state index contributed by atoms with van der Waals surface area (Å²) in [6.07, 6.45) is 0.487. The smallest absolute Gasteiger partial charge is 0.240 e. The molecule has 0 radical (unpaired) electrons. The normalized spacial score (nSPS) is 12.0. The molecular weight excluding hydrogens is 327 g/mol. The number of sulfonamides is 1. The van der Waals surface area contributed by atoms with Crippen molar-refractivity contribution in [3.63, 3.8) is 0 Å². The molecule has 2 aromatic carbocycles. The third kappa shape index (κ3) is 3.20. The number of aromatic nitrogens is 1. The van der Waals surface area contributed by atoms with Crippen LogP contribution in [0.3, 0.4) is 0 Å². The molecule has 3 rings (SSSR count). The Labute approximate surface area is 140 Å². The monoisotopic (exact) mass is 346 g/mol. The molecule has 0 saturated heterocycles. The van der Waals surface area contributed by atoms with Crippen molar-refractivity contribution in [2.24, 2.45) is 0 Å². The maximum atomic E-state index is 13.5. The summed E-state index contributed by atoms with van der Waals surface area (Å²) in [5.41, 5.74) is 3.41. The van der Waals surface area contributed by atoms with E-state index in [1.807, 2.05) is 6.92 Å². The van der Waals surface area contributed by atoms with Crippen LogP contribution in [0.15, 0.2) is 47.4 Å². The fraction of sp³-hybridized carbons (Fsp3) is 0.222. The molecule has 0 amide bonds. The average molecular weight is 346 g/mol. The number of aromatic amines is 1. The van der Waals surface area contributed by atoms with Gasteiger partial charge in [0.25, 0.3) is 0 Å². The average Bonchev–Trinajstić information content (AvgIpc) is 2.83. The van der Waals surface area contributed by atoms with Gasteiger partial charge in [0.05, 0.1) is 4.90 Å². The molecule has 0 atom stereocenters. The Hall–Kier alpha value is -2.18. The summed E-state index contributed by atoms with van der Waals surface area (Å²) in [5, 5.41) is 0.794. The molecule has 1 aromatic heterocycles. The maximum Gasteiger partial charge on any atom is 0.240 e. The number of halogens is 1. The van der Waals surface area contributed by atoms with E-state index < -0.39 is 10.0 Å². The molecule has 2 N–H and O–H groups in total. The largest absolute Gasteiger partial charge is 0.358 e. The van der Waals surface area contributed by atoms with Gasteiger partial charge in [-0.1, -0.05) is 18.2 Å². The highest BCUT2D eigenvalue weighted by Crippen LogP contribution is 2.23. The van der Waals surface area contributed by atoms with Gasteiger partial charge >= 0.3 is 0 Å². The minimum atomic E-state index is -3.55. The summed E-state index contributed by atoms with van der Waals surface area (Å²) in [5.74, 6) is -0.303. The summed E-state index contributed by atoms with van der Waals surface area (Å²) in [7, 11) is -3.55. The first-order valence-electron chi connectivity index (χ1n) is 7.70. The third-order valence-corrected chi connectivity index (χ3v) is 5.75. The third-order valence-electron chi connectivity index (χ3n) is 4.13. The van der Waals surface area contributed by atoms with Crippen LogP contribution < -0.4 is 4.72 Å². The number of hydrogen-bond donors (Lipinski definition) is 2. The molecule has 0 saturated carbocycles. The molecule has 6 heteroatoms. The van der Waals surface area contributed by atoms with Crippen molar-refractivity contribution in [3.05, 3.63) is 65.1 Å². The van der Waals surface area contributed by atoms with Gasteiger partial charge in [-0.2, -0.15) is 0 Å². The number of aryl methyl sites for hydroxylation is 2. The van der Waals surface area contributed by atoms with Crippen molar-refractivity contribution in [2.45, 2.75) is 25.2 Å². The Morgan fingerprint density at radius 2 is 1.88 bits per heavy atom. The topological polar surface area (TPSA) is 62.0 Å². The quantitative estimate of drug-likeness (QED) is 0.743. The highest BCUT2D eigenvalue weighted by Gasteiger charge is 2.16. The second-order valence-electron chi connectivity index (χ2n) is 5.83. The number of H-pyrrole nitrogens is 1. The van der Waals surface area contributed by atoms with Crippen molar-refractivity contribution in [1.82, 2.24) is 9.71 Å². The molecule has 3 aromatic rings. The predicted molar refractivity (Wildman–Crippen MR) is 93.1 cm³/mol. The number of benzene rings is 2. The summed E-state index contributed by atoms with van der Waals surface area (Å²) in [6.45, 7) is 3.92. The first-order chi connectivity index (χ1) is 11.4. The molecule has 0 bridgehead atoms. The SMILES string of the molecule is Cc1ccccc1S(=O)(=O)NCCc1c(C)[nH]c2ccc(F)cc12. The van der Waals surface area contributed by atoms with Gasteiger partial charge in [0.2, 0.25) is 10.0 Å². The number of nitrogens with one attached hydrogen (secondary N) is 2. The lowest BCUT2D eigenvalue weighted by Gasteiger charge is -2.09. The first-order valence-corrected chi connectivity index (χ1v) is 9.19. The maximum absolute atomic E-state index is 13.5. The van der Waals surface area contributed by atoms with E-state index >= 15 is 0 Å². The molecule has 1 heterocycles. The molecule has 0 fully saturated rings. The summed E-state index contributed by atoms with van der Waals surface area (Å²) >= 11 is 0. The van der Waals surface area contributed by atoms with Crippen molar-refractivity contribution in [2.75, 3.05) is 6.54 Å². The number of rotatable bonds is 5. The number of hydrogen-bond acceptors (Lipinski definition) is 2. The zero-order chi connectivity index (χ0) is 17.3. The Morgan fingerprint density at radius 1 is 1.12 bits per heavy atom. The van der Waals surface area contributed by atoms with Gasteiger partial charge in [-0.05, 0) is 55.7 Å². The van der Waals surface area contributed by atoms with Gasteiger partial charge in [-0.3, -0.25) is 0 Å². The minimum Gasteiger partial charge on any atom is -0.358 e.